The third-order valence-corrected chi connectivity index (χ3v) is 5.84. The van der Waals surface area contributed by atoms with E-state index in [4.69, 9.17) is 0 Å². The van der Waals surface area contributed by atoms with Crippen molar-refractivity contribution >= 4 is 34.0 Å². The van der Waals surface area contributed by atoms with Crippen molar-refractivity contribution in [1.82, 2.24) is 10.2 Å². The summed E-state index contributed by atoms with van der Waals surface area (Å²) < 4.78 is 0. The summed E-state index contributed by atoms with van der Waals surface area (Å²) in [5.41, 5.74) is 3.67. The van der Waals surface area contributed by atoms with Crippen molar-refractivity contribution < 1.29 is 4.79 Å². The summed E-state index contributed by atoms with van der Waals surface area (Å²) in [7, 11) is 0. The smallest absolute Gasteiger partial charge is 0.258 e. The molecule has 1 amide bonds. The van der Waals surface area contributed by atoms with Crippen LogP contribution in [0.25, 0.3) is 11.6 Å². The van der Waals surface area contributed by atoms with E-state index in [1.54, 1.807) is 0 Å². The van der Waals surface area contributed by atoms with E-state index in [0.29, 0.717) is 16.6 Å². The number of hydrogen-bond acceptors (Lipinski definition) is 4. The van der Waals surface area contributed by atoms with E-state index in [-0.39, 0.29) is 5.91 Å². The van der Waals surface area contributed by atoms with Crippen molar-refractivity contribution in [2.45, 2.75) is 19.3 Å². The Hall–Kier alpha value is -3.57. The van der Waals surface area contributed by atoms with Gasteiger partial charge in [0.2, 0.25) is 5.13 Å². The van der Waals surface area contributed by atoms with Crippen LogP contribution in [0, 0.1) is 0 Å². The molecule has 31 heavy (non-hydrogen) atoms. The molecule has 1 atom stereocenters. The first-order chi connectivity index (χ1) is 15.2. The minimum Gasteiger partial charge on any atom is -0.296 e. The van der Waals surface area contributed by atoms with E-state index in [1.165, 1.54) is 16.9 Å². The van der Waals surface area contributed by atoms with Crippen molar-refractivity contribution in [3.63, 3.8) is 0 Å². The molecule has 5 heteroatoms. The Morgan fingerprint density at radius 3 is 2.19 bits per heavy atom. The van der Waals surface area contributed by atoms with Crippen LogP contribution in [0.4, 0.5) is 5.13 Å². The molecule has 1 heterocycles. The SMILES string of the molecule is CC(Cc1nnc(NC(=O)/C(=C\c2ccccc2)c2ccccc2)s1)c1ccccc1. The van der Waals surface area contributed by atoms with Gasteiger partial charge in [-0.15, -0.1) is 10.2 Å². The highest BCUT2D eigenvalue weighted by Gasteiger charge is 2.16. The lowest BCUT2D eigenvalue weighted by molar-refractivity contribution is -0.111. The number of carbonyl (C=O) groups excluding carboxylic acids is 1. The molecular weight excluding hydrogens is 402 g/mol. The molecule has 3 aromatic carbocycles. The maximum Gasteiger partial charge on any atom is 0.258 e. The monoisotopic (exact) mass is 425 g/mol. The maximum atomic E-state index is 13.1. The van der Waals surface area contributed by atoms with E-state index >= 15 is 0 Å². The molecule has 4 rings (SSSR count). The third kappa shape index (κ3) is 5.53. The van der Waals surface area contributed by atoms with Crippen molar-refractivity contribution in [2.75, 3.05) is 5.32 Å². The first kappa shape index (κ1) is 20.7. The zero-order valence-electron chi connectivity index (χ0n) is 17.2. The zero-order valence-corrected chi connectivity index (χ0v) is 18.0. The van der Waals surface area contributed by atoms with Crippen LogP contribution in [0.5, 0.6) is 0 Å². The second kappa shape index (κ2) is 9.96. The first-order valence-corrected chi connectivity index (χ1v) is 11.0. The molecule has 0 aliphatic heterocycles. The second-order valence-electron chi connectivity index (χ2n) is 7.31. The topological polar surface area (TPSA) is 54.9 Å². The number of nitrogens with zero attached hydrogens (tertiary/aromatic N) is 2. The van der Waals surface area contributed by atoms with E-state index in [9.17, 15) is 4.79 Å². The molecule has 154 valence electrons. The largest absolute Gasteiger partial charge is 0.296 e. The number of amides is 1. The van der Waals surface area contributed by atoms with Crippen LogP contribution >= 0.6 is 11.3 Å². The van der Waals surface area contributed by atoms with Crippen LogP contribution in [0.2, 0.25) is 0 Å². The number of rotatable bonds is 7. The number of carbonyl (C=O) groups is 1. The normalized spacial score (nSPS) is 12.4. The van der Waals surface area contributed by atoms with Crippen LogP contribution in [0.15, 0.2) is 91.0 Å². The van der Waals surface area contributed by atoms with Gasteiger partial charge in [0.1, 0.15) is 5.01 Å². The van der Waals surface area contributed by atoms with Gasteiger partial charge in [0.15, 0.2) is 0 Å². The molecule has 0 spiro atoms. The Kier molecular flexibility index (Phi) is 6.65. The Bertz CT molecular complexity index is 1160. The minimum absolute atomic E-state index is 0.200. The fourth-order valence-corrected chi connectivity index (χ4v) is 4.19. The van der Waals surface area contributed by atoms with Crippen LogP contribution in [0.1, 0.15) is 34.5 Å². The fourth-order valence-electron chi connectivity index (χ4n) is 3.33. The predicted octanol–water partition coefficient (Wildman–Crippen LogP) is 6.06. The number of aromatic nitrogens is 2. The van der Waals surface area contributed by atoms with Gasteiger partial charge in [-0.25, -0.2) is 0 Å². The standard InChI is InChI=1S/C26H23N3OS/c1-19(21-13-7-3-8-14-21)17-24-28-29-26(31-24)27-25(30)23(22-15-9-4-10-16-22)18-20-11-5-2-6-12-20/h2-16,18-19H,17H2,1H3,(H,27,29,30)/b23-18-. The van der Waals surface area contributed by atoms with Crippen molar-refractivity contribution in [1.29, 1.82) is 0 Å². The molecule has 1 unspecified atom stereocenters. The van der Waals surface area contributed by atoms with Gasteiger partial charge in [-0.05, 0) is 28.7 Å². The minimum atomic E-state index is -0.200. The average Bonchev–Trinajstić information content (AvgIpc) is 3.25. The lowest BCUT2D eigenvalue weighted by atomic mass is 9.98. The molecule has 1 N–H and O–H groups in total. The molecule has 0 fully saturated rings. The van der Waals surface area contributed by atoms with Gasteiger partial charge in [-0.1, -0.05) is 109 Å². The third-order valence-electron chi connectivity index (χ3n) is 4.98. The molecule has 1 aromatic heterocycles. The summed E-state index contributed by atoms with van der Waals surface area (Å²) in [5.74, 6) is 0.129. The molecule has 0 aliphatic rings. The maximum absolute atomic E-state index is 13.1. The van der Waals surface area contributed by atoms with Crippen LogP contribution in [0.3, 0.4) is 0 Å². The summed E-state index contributed by atoms with van der Waals surface area (Å²) >= 11 is 1.42. The molecule has 0 radical (unpaired) electrons. The van der Waals surface area contributed by atoms with E-state index < -0.39 is 0 Å². The summed E-state index contributed by atoms with van der Waals surface area (Å²) in [4.78, 5) is 13.1. The number of benzene rings is 3. The van der Waals surface area contributed by atoms with Gasteiger partial charge in [0, 0.05) is 12.0 Å². The van der Waals surface area contributed by atoms with E-state index in [2.05, 4.69) is 34.6 Å². The summed E-state index contributed by atoms with van der Waals surface area (Å²) in [5, 5.41) is 12.8. The summed E-state index contributed by atoms with van der Waals surface area (Å²) in [6, 6.07) is 29.8. The highest BCUT2D eigenvalue weighted by molar-refractivity contribution is 7.15. The molecule has 0 saturated carbocycles. The van der Waals surface area contributed by atoms with Gasteiger partial charge in [0.05, 0.1) is 0 Å². The zero-order chi connectivity index (χ0) is 21.5. The van der Waals surface area contributed by atoms with Gasteiger partial charge < -0.3 is 0 Å². The van der Waals surface area contributed by atoms with E-state index in [1.807, 2.05) is 84.9 Å². The molecule has 0 bridgehead atoms. The van der Waals surface area contributed by atoms with Crippen LogP contribution in [-0.4, -0.2) is 16.1 Å². The summed E-state index contributed by atoms with van der Waals surface area (Å²) in [6.07, 6.45) is 2.67. The second-order valence-corrected chi connectivity index (χ2v) is 8.37. The quantitative estimate of drug-likeness (QED) is 0.289. The van der Waals surface area contributed by atoms with Crippen molar-refractivity contribution in [3.8, 4) is 0 Å². The molecule has 0 saturated heterocycles. The Morgan fingerprint density at radius 1 is 0.903 bits per heavy atom. The lowest BCUT2D eigenvalue weighted by Crippen LogP contribution is -2.13. The molecule has 0 aliphatic carbocycles. The van der Waals surface area contributed by atoms with E-state index in [0.717, 1.165) is 22.6 Å². The molecular formula is C26H23N3OS. The molecule has 4 nitrogen and oxygen atoms in total. The predicted molar refractivity (Wildman–Crippen MR) is 128 cm³/mol. The lowest BCUT2D eigenvalue weighted by Gasteiger charge is -2.09. The van der Waals surface area contributed by atoms with Crippen LogP contribution < -0.4 is 5.32 Å². The summed E-state index contributed by atoms with van der Waals surface area (Å²) in [6.45, 7) is 2.17. The molecule has 4 aromatic rings. The highest BCUT2D eigenvalue weighted by atomic mass is 32.1. The number of hydrogen-bond donors (Lipinski definition) is 1. The van der Waals surface area contributed by atoms with Crippen molar-refractivity contribution in [3.05, 3.63) is 113 Å². The van der Waals surface area contributed by atoms with Gasteiger partial charge in [-0.3, -0.25) is 10.1 Å². The van der Waals surface area contributed by atoms with Gasteiger partial charge in [-0.2, -0.15) is 0 Å². The number of nitrogens with one attached hydrogen (secondary N) is 1. The Labute approximate surface area is 186 Å². The van der Waals surface area contributed by atoms with Gasteiger partial charge >= 0.3 is 0 Å². The van der Waals surface area contributed by atoms with Gasteiger partial charge in [0.25, 0.3) is 5.91 Å². The Morgan fingerprint density at radius 2 is 1.52 bits per heavy atom. The number of anilines is 1. The average molecular weight is 426 g/mol. The van der Waals surface area contributed by atoms with Crippen LogP contribution in [-0.2, 0) is 11.2 Å². The van der Waals surface area contributed by atoms with Crippen molar-refractivity contribution in [2.24, 2.45) is 0 Å². The fraction of sp³-hybridized carbons (Fsp3) is 0.115. The Balaban J connectivity index is 1.51. The first-order valence-electron chi connectivity index (χ1n) is 10.2. The highest BCUT2D eigenvalue weighted by Crippen LogP contribution is 2.26.